The van der Waals surface area contributed by atoms with Crippen LogP contribution < -0.4 is 10.1 Å². The minimum atomic E-state index is -0.436. The van der Waals surface area contributed by atoms with Crippen molar-refractivity contribution in [2.45, 2.75) is 26.4 Å². The number of aryl methyl sites for hydroxylation is 1. The number of hydrogen-bond donors (Lipinski definition) is 2. The van der Waals surface area contributed by atoms with Gasteiger partial charge in [-0.25, -0.2) is 4.68 Å². The molecule has 0 aliphatic carbocycles. The van der Waals surface area contributed by atoms with E-state index in [2.05, 4.69) is 10.4 Å². The second-order valence-electron chi connectivity index (χ2n) is 5.21. The fourth-order valence-corrected chi connectivity index (χ4v) is 2.04. The van der Waals surface area contributed by atoms with Crippen molar-refractivity contribution >= 4 is 5.91 Å². The Bertz CT molecular complexity index is 650. The smallest absolute Gasteiger partial charge is 0.271 e. The van der Waals surface area contributed by atoms with E-state index in [1.807, 2.05) is 25.1 Å². The third-order valence-corrected chi connectivity index (χ3v) is 3.25. The highest BCUT2D eigenvalue weighted by Gasteiger charge is 2.12. The Kier molecular flexibility index (Phi) is 5.16. The predicted octanol–water partition coefficient (Wildman–Crippen LogP) is 1.69. The minimum absolute atomic E-state index is 0.258. The van der Waals surface area contributed by atoms with Crippen LogP contribution in [-0.2, 0) is 0 Å². The Balaban J connectivity index is 2.14. The highest BCUT2D eigenvalue weighted by atomic mass is 16.5. The number of hydrogen-bond acceptors (Lipinski definition) is 4. The molecule has 22 heavy (non-hydrogen) atoms. The standard InChI is InChI=1S/C16H21N3O3/c1-11-4-5-15(22-3)14(10-11)19-9-7-13(18-19)16(21)17-8-6-12(2)20/h4-5,7,9-10,12,20H,6,8H2,1-3H3,(H,17,21). The summed E-state index contributed by atoms with van der Waals surface area (Å²) in [6.07, 6.45) is 1.80. The largest absolute Gasteiger partial charge is 0.494 e. The summed E-state index contributed by atoms with van der Waals surface area (Å²) in [7, 11) is 1.60. The van der Waals surface area contributed by atoms with Gasteiger partial charge in [0.25, 0.3) is 5.91 Å². The van der Waals surface area contributed by atoms with Gasteiger partial charge in [-0.05, 0) is 44.0 Å². The molecule has 6 heteroatoms. The molecule has 6 nitrogen and oxygen atoms in total. The van der Waals surface area contributed by atoms with Crippen molar-refractivity contribution in [3.05, 3.63) is 41.7 Å². The van der Waals surface area contributed by atoms with Crippen LogP contribution in [-0.4, -0.2) is 40.6 Å². The zero-order chi connectivity index (χ0) is 16.1. The molecular formula is C16H21N3O3. The number of benzene rings is 1. The number of ether oxygens (including phenoxy) is 1. The zero-order valence-corrected chi connectivity index (χ0v) is 13.0. The lowest BCUT2D eigenvalue weighted by molar-refractivity contribution is 0.0940. The van der Waals surface area contributed by atoms with Gasteiger partial charge in [0.05, 0.1) is 13.2 Å². The second-order valence-corrected chi connectivity index (χ2v) is 5.21. The molecule has 0 bridgehead atoms. The van der Waals surface area contributed by atoms with Gasteiger partial charge in [0.1, 0.15) is 11.4 Å². The number of carbonyl (C=O) groups excluding carboxylic acids is 1. The normalized spacial score (nSPS) is 12.0. The van der Waals surface area contributed by atoms with Gasteiger partial charge in [0.15, 0.2) is 5.69 Å². The third-order valence-electron chi connectivity index (χ3n) is 3.25. The fourth-order valence-electron chi connectivity index (χ4n) is 2.04. The lowest BCUT2D eigenvalue weighted by Crippen LogP contribution is -2.27. The van der Waals surface area contributed by atoms with Crippen LogP contribution >= 0.6 is 0 Å². The molecule has 1 atom stereocenters. The molecule has 1 aromatic heterocycles. The molecule has 1 unspecified atom stereocenters. The van der Waals surface area contributed by atoms with E-state index < -0.39 is 6.10 Å². The number of nitrogens with zero attached hydrogens (tertiary/aromatic N) is 2. The summed E-state index contributed by atoms with van der Waals surface area (Å²) in [5.41, 5.74) is 2.19. The molecule has 0 radical (unpaired) electrons. The Morgan fingerprint density at radius 2 is 2.23 bits per heavy atom. The van der Waals surface area contributed by atoms with E-state index in [4.69, 9.17) is 4.74 Å². The van der Waals surface area contributed by atoms with Crippen LogP contribution in [0.2, 0.25) is 0 Å². The maximum Gasteiger partial charge on any atom is 0.271 e. The molecule has 0 aliphatic heterocycles. The topological polar surface area (TPSA) is 76.4 Å². The predicted molar refractivity (Wildman–Crippen MR) is 83.5 cm³/mol. The number of methoxy groups -OCH3 is 1. The first-order chi connectivity index (χ1) is 10.5. The second kappa shape index (κ2) is 7.09. The Morgan fingerprint density at radius 3 is 2.91 bits per heavy atom. The van der Waals surface area contributed by atoms with Crippen LogP contribution in [0.3, 0.4) is 0 Å². The lowest BCUT2D eigenvalue weighted by atomic mass is 10.2. The van der Waals surface area contributed by atoms with Crippen LogP contribution in [0.25, 0.3) is 5.69 Å². The molecule has 0 saturated carbocycles. The summed E-state index contributed by atoms with van der Waals surface area (Å²) in [5.74, 6) is 0.431. The van der Waals surface area contributed by atoms with E-state index in [-0.39, 0.29) is 5.91 Å². The first-order valence-electron chi connectivity index (χ1n) is 7.18. The van der Waals surface area contributed by atoms with Crippen molar-refractivity contribution in [3.8, 4) is 11.4 Å². The summed E-state index contributed by atoms with van der Waals surface area (Å²) in [6.45, 7) is 4.08. The number of rotatable bonds is 6. The number of aliphatic hydroxyl groups excluding tert-OH is 1. The van der Waals surface area contributed by atoms with Crippen LogP contribution in [0.5, 0.6) is 5.75 Å². The summed E-state index contributed by atoms with van der Waals surface area (Å²) < 4.78 is 6.95. The maximum atomic E-state index is 12.0. The fraction of sp³-hybridized carbons (Fsp3) is 0.375. The Labute approximate surface area is 129 Å². The van der Waals surface area contributed by atoms with Gasteiger partial charge < -0.3 is 15.2 Å². The molecule has 1 aromatic carbocycles. The zero-order valence-electron chi connectivity index (χ0n) is 13.0. The maximum absolute atomic E-state index is 12.0. The van der Waals surface area contributed by atoms with E-state index in [9.17, 15) is 9.90 Å². The summed E-state index contributed by atoms with van der Waals surface area (Å²) in [5, 5.41) is 16.2. The molecular weight excluding hydrogens is 282 g/mol. The van der Waals surface area contributed by atoms with E-state index in [1.165, 1.54) is 0 Å². The van der Waals surface area contributed by atoms with Crippen molar-refractivity contribution < 1.29 is 14.6 Å². The van der Waals surface area contributed by atoms with E-state index >= 15 is 0 Å². The minimum Gasteiger partial charge on any atom is -0.494 e. The molecule has 1 amide bonds. The molecule has 0 saturated heterocycles. The Morgan fingerprint density at radius 1 is 1.45 bits per heavy atom. The molecule has 1 heterocycles. The van der Waals surface area contributed by atoms with Crippen LogP contribution in [0.15, 0.2) is 30.5 Å². The highest BCUT2D eigenvalue weighted by molar-refractivity contribution is 5.92. The van der Waals surface area contributed by atoms with Gasteiger partial charge in [-0.2, -0.15) is 5.10 Å². The van der Waals surface area contributed by atoms with Crippen molar-refractivity contribution in [2.24, 2.45) is 0 Å². The monoisotopic (exact) mass is 303 g/mol. The van der Waals surface area contributed by atoms with Crippen molar-refractivity contribution in [1.29, 1.82) is 0 Å². The average molecular weight is 303 g/mol. The van der Waals surface area contributed by atoms with Crippen LogP contribution in [0, 0.1) is 6.92 Å². The molecule has 2 aromatic rings. The Hall–Kier alpha value is -2.34. The van der Waals surface area contributed by atoms with Crippen LogP contribution in [0.1, 0.15) is 29.4 Å². The number of aromatic nitrogens is 2. The number of carbonyl (C=O) groups is 1. The first kappa shape index (κ1) is 16.0. The molecule has 0 aliphatic rings. The molecule has 0 spiro atoms. The van der Waals surface area contributed by atoms with Crippen LogP contribution in [0.4, 0.5) is 0 Å². The molecule has 118 valence electrons. The molecule has 2 N–H and O–H groups in total. The molecule has 2 rings (SSSR count). The summed E-state index contributed by atoms with van der Waals surface area (Å²) in [6, 6.07) is 7.42. The average Bonchev–Trinajstić information content (AvgIpc) is 2.96. The van der Waals surface area contributed by atoms with Gasteiger partial charge in [0.2, 0.25) is 0 Å². The van der Waals surface area contributed by atoms with Gasteiger partial charge in [-0.1, -0.05) is 6.07 Å². The quantitative estimate of drug-likeness (QED) is 0.851. The van der Waals surface area contributed by atoms with E-state index in [0.717, 1.165) is 11.3 Å². The lowest BCUT2D eigenvalue weighted by Gasteiger charge is -2.09. The highest BCUT2D eigenvalue weighted by Crippen LogP contribution is 2.23. The van der Waals surface area contributed by atoms with Crippen molar-refractivity contribution in [1.82, 2.24) is 15.1 Å². The molecule has 0 fully saturated rings. The first-order valence-corrected chi connectivity index (χ1v) is 7.18. The number of nitrogens with one attached hydrogen (secondary N) is 1. The number of aliphatic hydroxyl groups is 1. The SMILES string of the molecule is COc1ccc(C)cc1-n1ccc(C(=O)NCCC(C)O)n1. The van der Waals surface area contributed by atoms with E-state index in [0.29, 0.717) is 24.4 Å². The van der Waals surface area contributed by atoms with Gasteiger partial charge >= 0.3 is 0 Å². The van der Waals surface area contributed by atoms with Gasteiger partial charge in [-0.3, -0.25) is 4.79 Å². The summed E-state index contributed by atoms with van der Waals surface area (Å²) >= 11 is 0. The van der Waals surface area contributed by atoms with Crippen molar-refractivity contribution in [3.63, 3.8) is 0 Å². The van der Waals surface area contributed by atoms with Gasteiger partial charge in [-0.15, -0.1) is 0 Å². The number of amides is 1. The van der Waals surface area contributed by atoms with Gasteiger partial charge in [0, 0.05) is 12.7 Å². The van der Waals surface area contributed by atoms with Crippen molar-refractivity contribution in [2.75, 3.05) is 13.7 Å². The third kappa shape index (κ3) is 3.85. The van der Waals surface area contributed by atoms with E-state index in [1.54, 1.807) is 31.0 Å². The summed E-state index contributed by atoms with van der Waals surface area (Å²) in [4.78, 5) is 12.0.